The van der Waals surface area contributed by atoms with Crippen LogP contribution in [0.5, 0.6) is 0 Å². The molecule has 1 aromatic rings. The molecule has 0 spiro atoms. The van der Waals surface area contributed by atoms with Gasteiger partial charge in [0.05, 0.1) is 6.04 Å². The van der Waals surface area contributed by atoms with Gasteiger partial charge in [-0.05, 0) is 6.42 Å². The summed E-state index contributed by atoms with van der Waals surface area (Å²) in [5.41, 5.74) is 5.59. The van der Waals surface area contributed by atoms with Gasteiger partial charge in [-0.25, -0.2) is 0 Å². The molecule has 2 N–H and O–H groups in total. The van der Waals surface area contributed by atoms with Crippen LogP contribution in [0.2, 0.25) is 0 Å². The van der Waals surface area contributed by atoms with Gasteiger partial charge in [-0.2, -0.15) is 13.8 Å². The van der Waals surface area contributed by atoms with Crippen LogP contribution in [0, 0.1) is 0 Å². The highest BCUT2D eigenvalue weighted by Gasteiger charge is 2.19. The molecular formula is C7H11F2N3O. The van der Waals surface area contributed by atoms with Crippen LogP contribution in [0.25, 0.3) is 0 Å². The van der Waals surface area contributed by atoms with Gasteiger partial charge in [0, 0.05) is 0 Å². The zero-order valence-electron chi connectivity index (χ0n) is 7.20. The molecular weight excluding hydrogens is 180 g/mol. The molecule has 0 aliphatic heterocycles. The minimum atomic E-state index is -2.73. The van der Waals surface area contributed by atoms with E-state index in [1.807, 2.05) is 6.92 Å². The second-order valence-corrected chi connectivity index (χ2v) is 2.69. The summed E-state index contributed by atoms with van der Waals surface area (Å²) in [6, 6.07) is -0.416. The summed E-state index contributed by atoms with van der Waals surface area (Å²) in [7, 11) is 0. The molecule has 1 aromatic heterocycles. The van der Waals surface area contributed by atoms with Crippen molar-refractivity contribution in [3.63, 3.8) is 0 Å². The number of hydrogen-bond donors (Lipinski definition) is 1. The van der Waals surface area contributed by atoms with Gasteiger partial charge in [-0.3, -0.25) is 0 Å². The van der Waals surface area contributed by atoms with E-state index in [9.17, 15) is 8.78 Å². The Hall–Kier alpha value is -1.04. The quantitative estimate of drug-likeness (QED) is 0.788. The Balaban J connectivity index is 2.67. The van der Waals surface area contributed by atoms with Gasteiger partial charge in [0.15, 0.2) is 5.82 Å². The Morgan fingerprint density at radius 2 is 2.23 bits per heavy atom. The first-order valence-electron chi connectivity index (χ1n) is 4.02. The summed E-state index contributed by atoms with van der Waals surface area (Å²) in [6.07, 6.45) is -1.22. The van der Waals surface area contributed by atoms with Crippen LogP contribution in [0.4, 0.5) is 8.78 Å². The highest BCUT2D eigenvalue weighted by Crippen LogP contribution is 2.19. The van der Waals surface area contributed by atoms with Crippen molar-refractivity contribution in [1.82, 2.24) is 10.1 Å². The maximum Gasteiger partial charge on any atom is 0.315 e. The topological polar surface area (TPSA) is 64.9 Å². The molecule has 0 aliphatic rings. The molecule has 0 amide bonds. The van der Waals surface area contributed by atoms with E-state index in [-0.39, 0.29) is 5.82 Å². The van der Waals surface area contributed by atoms with Crippen molar-refractivity contribution in [1.29, 1.82) is 0 Å². The molecule has 13 heavy (non-hydrogen) atoms. The SMILES string of the molecule is CCCC(N)c1noc(C(F)F)n1. The van der Waals surface area contributed by atoms with Crippen LogP contribution < -0.4 is 5.73 Å². The molecule has 0 saturated carbocycles. The number of hydrogen-bond acceptors (Lipinski definition) is 4. The summed E-state index contributed by atoms with van der Waals surface area (Å²) >= 11 is 0. The number of alkyl halides is 2. The van der Waals surface area contributed by atoms with Crippen molar-refractivity contribution in [3.8, 4) is 0 Å². The molecule has 0 bridgehead atoms. The first kappa shape index (κ1) is 10.0. The van der Waals surface area contributed by atoms with Crippen LogP contribution in [0.1, 0.15) is 43.9 Å². The van der Waals surface area contributed by atoms with E-state index in [2.05, 4.69) is 14.7 Å². The summed E-state index contributed by atoms with van der Waals surface area (Å²) in [5, 5.41) is 3.36. The van der Waals surface area contributed by atoms with E-state index in [0.717, 1.165) is 6.42 Å². The number of nitrogens with zero attached hydrogens (tertiary/aromatic N) is 2. The molecule has 1 rings (SSSR count). The van der Waals surface area contributed by atoms with Crippen LogP contribution in [0.15, 0.2) is 4.52 Å². The van der Waals surface area contributed by atoms with Crippen molar-refractivity contribution in [2.45, 2.75) is 32.2 Å². The number of aromatic nitrogens is 2. The Labute approximate surface area is 74.1 Å². The zero-order chi connectivity index (χ0) is 9.84. The van der Waals surface area contributed by atoms with E-state index >= 15 is 0 Å². The maximum absolute atomic E-state index is 12.0. The van der Waals surface area contributed by atoms with Crippen molar-refractivity contribution in [2.24, 2.45) is 5.73 Å². The molecule has 1 atom stereocenters. The van der Waals surface area contributed by atoms with Crippen LogP contribution in [0.3, 0.4) is 0 Å². The average molecular weight is 191 g/mol. The number of nitrogens with two attached hydrogens (primary N) is 1. The monoisotopic (exact) mass is 191 g/mol. The summed E-state index contributed by atoms with van der Waals surface area (Å²) in [4.78, 5) is 3.48. The zero-order valence-corrected chi connectivity index (χ0v) is 7.20. The summed E-state index contributed by atoms with van der Waals surface area (Å²) in [5.74, 6) is -0.515. The van der Waals surface area contributed by atoms with Crippen LogP contribution in [-0.2, 0) is 0 Å². The van der Waals surface area contributed by atoms with Gasteiger partial charge in [-0.1, -0.05) is 18.5 Å². The van der Waals surface area contributed by atoms with E-state index in [1.165, 1.54) is 0 Å². The standard InChI is InChI=1S/C7H11F2N3O/c1-2-3-4(10)6-11-7(5(8)9)13-12-6/h4-5H,2-3,10H2,1H3. The molecule has 0 fully saturated rings. The number of halogens is 2. The fourth-order valence-corrected chi connectivity index (χ4v) is 0.927. The van der Waals surface area contributed by atoms with Gasteiger partial charge >= 0.3 is 6.43 Å². The molecule has 1 heterocycles. The lowest BCUT2D eigenvalue weighted by Crippen LogP contribution is -2.11. The minimum Gasteiger partial charge on any atom is -0.333 e. The van der Waals surface area contributed by atoms with Gasteiger partial charge in [-0.15, -0.1) is 0 Å². The maximum atomic E-state index is 12.0. The summed E-state index contributed by atoms with van der Waals surface area (Å²) < 4.78 is 28.3. The van der Waals surface area contributed by atoms with Crippen LogP contribution in [-0.4, -0.2) is 10.1 Å². The third kappa shape index (κ3) is 2.45. The third-order valence-electron chi connectivity index (χ3n) is 1.58. The molecule has 0 saturated heterocycles. The Morgan fingerprint density at radius 1 is 1.54 bits per heavy atom. The Morgan fingerprint density at radius 3 is 2.69 bits per heavy atom. The van der Waals surface area contributed by atoms with Gasteiger partial charge in [0.25, 0.3) is 5.89 Å². The van der Waals surface area contributed by atoms with Crippen molar-refractivity contribution in [2.75, 3.05) is 0 Å². The first-order chi connectivity index (χ1) is 6.15. The third-order valence-corrected chi connectivity index (χ3v) is 1.58. The van der Waals surface area contributed by atoms with E-state index < -0.39 is 18.4 Å². The highest BCUT2D eigenvalue weighted by molar-refractivity contribution is 4.93. The van der Waals surface area contributed by atoms with E-state index in [1.54, 1.807) is 0 Å². The average Bonchev–Trinajstić information content (AvgIpc) is 2.52. The lowest BCUT2D eigenvalue weighted by molar-refractivity contribution is 0.106. The minimum absolute atomic E-state index is 0.150. The van der Waals surface area contributed by atoms with Crippen LogP contribution >= 0.6 is 0 Å². The largest absolute Gasteiger partial charge is 0.333 e. The normalized spacial score (nSPS) is 13.6. The molecule has 0 aliphatic carbocycles. The Bertz CT molecular complexity index is 264. The Kier molecular flexibility index (Phi) is 3.30. The smallest absolute Gasteiger partial charge is 0.315 e. The molecule has 0 radical (unpaired) electrons. The fraction of sp³-hybridized carbons (Fsp3) is 0.714. The second kappa shape index (κ2) is 4.27. The van der Waals surface area contributed by atoms with E-state index in [4.69, 9.17) is 5.73 Å². The molecule has 74 valence electrons. The van der Waals surface area contributed by atoms with Gasteiger partial charge in [0.1, 0.15) is 0 Å². The lowest BCUT2D eigenvalue weighted by atomic mass is 10.2. The molecule has 1 unspecified atom stereocenters. The first-order valence-corrected chi connectivity index (χ1v) is 4.02. The highest BCUT2D eigenvalue weighted by atomic mass is 19.3. The van der Waals surface area contributed by atoms with Crippen molar-refractivity contribution >= 4 is 0 Å². The van der Waals surface area contributed by atoms with Gasteiger partial charge < -0.3 is 10.3 Å². The molecule has 0 aromatic carbocycles. The van der Waals surface area contributed by atoms with Crippen molar-refractivity contribution in [3.05, 3.63) is 11.7 Å². The molecule has 6 heteroatoms. The number of rotatable bonds is 4. The summed E-state index contributed by atoms with van der Waals surface area (Å²) in [6.45, 7) is 1.94. The second-order valence-electron chi connectivity index (χ2n) is 2.69. The lowest BCUT2D eigenvalue weighted by Gasteiger charge is -2.02. The predicted octanol–water partition coefficient (Wildman–Crippen LogP) is 1.81. The van der Waals surface area contributed by atoms with E-state index in [0.29, 0.717) is 6.42 Å². The fourth-order valence-electron chi connectivity index (χ4n) is 0.927. The van der Waals surface area contributed by atoms with Crippen molar-refractivity contribution < 1.29 is 13.3 Å². The van der Waals surface area contributed by atoms with Gasteiger partial charge in [0.2, 0.25) is 0 Å². The molecule has 4 nitrogen and oxygen atoms in total. The predicted molar refractivity (Wildman–Crippen MR) is 41.1 cm³/mol.